The maximum Gasteiger partial charge on any atom is 0.306 e. The van der Waals surface area contributed by atoms with Crippen molar-refractivity contribution in [2.45, 2.75) is 19.8 Å². The molecule has 0 spiro atoms. The molecule has 0 saturated carbocycles. The molecular formula is C15H19N3O5. The summed E-state index contributed by atoms with van der Waals surface area (Å²) in [7, 11) is 1.66. The Balaban J connectivity index is 2.70. The van der Waals surface area contributed by atoms with Crippen molar-refractivity contribution >= 4 is 22.6 Å². The number of fused-ring (bicyclic) bond motifs is 1. The fourth-order valence-corrected chi connectivity index (χ4v) is 2.92. The Morgan fingerprint density at radius 2 is 2.13 bits per heavy atom. The van der Waals surface area contributed by atoms with Crippen LogP contribution in [-0.4, -0.2) is 32.2 Å². The van der Waals surface area contributed by atoms with Gasteiger partial charge in [-0.2, -0.15) is 0 Å². The lowest BCUT2D eigenvalue weighted by Gasteiger charge is -2.11. The highest BCUT2D eigenvalue weighted by Gasteiger charge is 2.27. The smallest absolute Gasteiger partial charge is 0.306 e. The van der Waals surface area contributed by atoms with Gasteiger partial charge in [-0.1, -0.05) is 0 Å². The first-order valence-electron chi connectivity index (χ1n) is 7.16. The van der Waals surface area contributed by atoms with Gasteiger partial charge in [0.2, 0.25) is 0 Å². The van der Waals surface area contributed by atoms with Crippen molar-refractivity contribution in [3.8, 4) is 5.75 Å². The highest BCUT2D eigenvalue weighted by Crippen LogP contribution is 2.39. The summed E-state index contributed by atoms with van der Waals surface area (Å²) in [5.41, 5.74) is 6.92. The lowest BCUT2D eigenvalue weighted by atomic mass is 9.94. The molecule has 1 atom stereocenters. The van der Waals surface area contributed by atoms with Gasteiger partial charge in [0.05, 0.1) is 16.2 Å². The van der Waals surface area contributed by atoms with E-state index in [1.165, 1.54) is 12.1 Å². The van der Waals surface area contributed by atoms with Crippen molar-refractivity contribution < 1.29 is 19.9 Å². The average molecular weight is 321 g/mol. The number of carboxylic acids is 1. The monoisotopic (exact) mass is 321 g/mol. The van der Waals surface area contributed by atoms with Crippen molar-refractivity contribution in [2.24, 2.45) is 18.7 Å². The second-order valence-electron chi connectivity index (χ2n) is 5.52. The fourth-order valence-electron chi connectivity index (χ4n) is 2.92. The molecular weight excluding hydrogens is 302 g/mol. The Morgan fingerprint density at radius 3 is 2.65 bits per heavy atom. The van der Waals surface area contributed by atoms with Crippen LogP contribution in [0.25, 0.3) is 10.9 Å². The van der Waals surface area contributed by atoms with Gasteiger partial charge in [-0.05, 0) is 37.9 Å². The molecule has 8 heteroatoms. The van der Waals surface area contributed by atoms with Crippen molar-refractivity contribution in [3.63, 3.8) is 0 Å². The Hall–Kier alpha value is -2.61. The molecule has 0 radical (unpaired) electrons. The van der Waals surface area contributed by atoms with E-state index in [4.69, 9.17) is 5.73 Å². The second kappa shape index (κ2) is 6.25. The van der Waals surface area contributed by atoms with E-state index in [2.05, 4.69) is 0 Å². The second-order valence-corrected chi connectivity index (χ2v) is 5.52. The quantitative estimate of drug-likeness (QED) is 0.548. The van der Waals surface area contributed by atoms with Crippen LogP contribution >= 0.6 is 0 Å². The summed E-state index contributed by atoms with van der Waals surface area (Å²) >= 11 is 0. The van der Waals surface area contributed by atoms with Crippen molar-refractivity contribution in [1.29, 1.82) is 0 Å². The molecule has 0 amide bonds. The van der Waals surface area contributed by atoms with E-state index in [1.54, 1.807) is 18.5 Å². The summed E-state index contributed by atoms with van der Waals surface area (Å²) in [4.78, 5) is 22.1. The molecule has 1 unspecified atom stereocenters. The van der Waals surface area contributed by atoms with E-state index in [1.807, 2.05) is 0 Å². The van der Waals surface area contributed by atoms with Crippen LogP contribution in [0, 0.1) is 23.0 Å². The molecule has 0 bridgehead atoms. The Labute approximate surface area is 132 Å². The van der Waals surface area contributed by atoms with Gasteiger partial charge < -0.3 is 20.5 Å². The number of carboxylic acid groups (broad SMARTS) is 1. The molecule has 23 heavy (non-hydrogen) atoms. The summed E-state index contributed by atoms with van der Waals surface area (Å²) in [6.07, 6.45) is 0.450. The number of hydrogen-bond acceptors (Lipinski definition) is 5. The first-order valence-corrected chi connectivity index (χ1v) is 7.16. The third-order valence-corrected chi connectivity index (χ3v) is 4.22. The number of hydrogen-bond donors (Lipinski definition) is 3. The molecule has 2 aromatic rings. The number of aromatic nitrogens is 1. The van der Waals surface area contributed by atoms with Crippen LogP contribution in [0.1, 0.15) is 17.7 Å². The van der Waals surface area contributed by atoms with Crippen molar-refractivity contribution in [3.05, 3.63) is 33.5 Å². The zero-order valence-electron chi connectivity index (χ0n) is 12.9. The van der Waals surface area contributed by atoms with E-state index >= 15 is 0 Å². The fraction of sp³-hybridized carbons (Fsp3) is 0.400. The molecule has 124 valence electrons. The number of phenols is 1. The number of nitrogens with two attached hydrogens (primary N) is 1. The van der Waals surface area contributed by atoms with E-state index in [0.717, 1.165) is 0 Å². The number of phenolic OH excluding ortho intramolecular Hbond substituents is 1. The number of nitrogens with zero attached hydrogens (tertiary/aromatic N) is 2. The number of rotatable bonds is 6. The van der Waals surface area contributed by atoms with Gasteiger partial charge in [-0.15, -0.1) is 0 Å². The third kappa shape index (κ3) is 2.85. The number of aryl methyl sites for hydroxylation is 1. The minimum Gasteiger partial charge on any atom is -0.507 e. The van der Waals surface area contributed by atoms with Gasteiger partial charge in [0.25, 0.3) is 5.69 Å². The molecule has 2 rings (SSSR count). The van der Waals surface area contributed by atoms with E-state index in [-0.39, 0.29) is 24.4 Å². The molecule has 1 aromatic carbocycles. The Morgan fingerprint density at radius 1 is 1.48 bits per heavy atom. The summed E-state index contributed by atoms with van der Waals surface area (Å²) in [6.45, 7) is 1.98. The zero-order chi connectivity index (χ0) is 17.3. The number of aliphatic carboxylic acids is 1. The molecule has 0 aliphatic heterocycles. The van der Waals surface area contributed by atoms with E-state index in [9.17, 15) is 25.1 Å². The number of aromatic hydroxyl groups is 1. The lowest BCUT2D eigenvalue weighted by Crippen LogP contribution is -2.20. The first kappa shape index (κ1) is 16.8. The first-order chi connectivity index (χ1) is 10.8. The van der Waals surface area contributed by atoms with Crippen LogP contribution in [0.5, 0.6) is 5.75 Å². The predicted molar refractivity (Wildman–Crippen MR) is 84.5 cm³/mol. The van der Waals surface area contributed by atoms with Crippen molar-refractivity contribution in [2.75, 3.05) is 6.54 Å². The Bertz CT molecular complexity index is 781. The van der Waals surface area contributed by atoms with E-state index < -0.39 is 16.8 Å². The molecule has 0 saturated heterocycles. The number of carbonyl (C=O) groups is 1. The van der Waals surface area contributed by atoms with Gasteiger partial charge >= 0.3 is 5.97 Å². The molecule has 0 aliphatic rings. The minimum absolute atomic E-state index is 0.0961. The van der Waals surface area contributed by atoms with Crippen LogP contribution in [-0.2, 0) is 18.3 Å². The summed E-state index contributed by atoms with van der Waals surface area (Å²) in [5.74, 6) is -1.78. The van der Waals surface area contributed by atoms with Crippen LogP contribution in [0.4, 0.5) is 5.69 Å². The standard InChI is InChI=1S/C15H19N3O5/c1-8-10(7-9(5-6-16)15(20)21)13-12(19)4-3-11(18(22)23)14(13)17(8)2/h3-4,9,19H,5-7,16H2,1-2H3,(H,20,21). The molecule has 8 nitrogen and oxygen atoms in total. The zero-order valence-corrected chi connectivity index (χ0v) is 12.9. The Kier molecular flexibility index (Phi) is 4.55. The van der Waals surface area contributed by atoms with Gasteiger partial charge in [-0.25, -0.2) is 0 Å². The minimum atomic E-state index is -0.975. The lowest BCUT2D eigenvalue weighted by molar-refractivity contribution is -0.383. The van der Waals surface area contributed by atoms with Crippen molar-refractivity contribution in [1.82, 2.24) is 4.57 Å². The highest BCUT2D eigenvalue weighted by atomic mass is 16.6. The van der Waals surface area contributed by atoms with Crippen LogP contribution in [0.3, 0.4) is 0 Å². The van der Waals surface area contributed by atoms with Gasteiger partial charge in [0, 0.05) is 18.8 Å². The van der Waals surface area contributed by atoms with Crippen LogP contribution in [0.15, 0.2) is 12.1 Å². The van der Waals surface area contributed by atoms with E-state index in [0.29, 0.717) is 28.6 Å². The molecule has 0 aliphatic carbocycles. The summed E-state index contributed by atoms with van der Waals surface area (Å²) in [6, 6.07) is 2.51. The number of nitro benzene ring substituents is 1. The third-order valence-electron chi connectivity index (χ3n) is 4.22. The average Bonchev–Trinajstić information content (AvgIpc) is 2.73. The van der Waals surface area contributed by atoms with Gasteiger partial charge in [0.1, 0.15) is 11.3 Å². The van der Waals surface area contributed by atoms with Crippen LogP contribution < -0.4 is 5.73 Å². The SMILES string of the molecule is Cc1c(CC(CCN)C(=O)O)c2c(O)ccc([N+](=O)[O-])c2n1C. The largest absolute Gasteiger partial charge is 0.507 e. The maximum absolute atomic E-state index is 11.4. The van der Waals surface area contributed by atoms with Gasteiger partial charge in [0.15, 0.2) is 0 Å². The molecule has 4 N–H and O–H groups in total. The summed E-state index contributed by atoms with van der Waals surface area (Å²) in [5, 5.41) is 31.1. The predicted octanol–water partition coefficient (Wildman–Crippen LogP) is 1.69. The normalized spacial score (nSPS) is 12.5. The van der Waals surface area contributed by atoms with Gasteiger partial charge in [-0.3, -0.25) is 14.9 Å². The number of nitro groups is 1. The molecule has 1 aromatic heterocycles. The summed E-state index contributed by atoms with van der Waals surface area (Å²) < 4.78 is 1.61. The van der Waals surface area contributed by atoms with Crippen LogP contribution in [0.2, 0.25) is 0 Å². The topological polar surface area (TPSA) is 132 Å². The highest BCUT2D eigenvalue weighted by molar-refractivity contribution is 5.97. The molecule has 1 heterocycles. The maximum atomic E-state index is 11.4. The number of non-ortho nitro benzene ring substituents is 1. The number of benzene rings is 1. The molecule has 0 fully saturated rings.